The highest BCUT2D eigenvalue weighted by Gasteiger charge is 2.21. The highest BCUT2D eigenvalue weighted by Crippen LogP contribution is 2.47. The van der Waals surface area contributed by atoms with E-state index < -0.39 is 7.82 Å². The molecule has 0 saturated carbocycles. The molecule has 0 aliphatic carbocycles. The minimum Gasteiger partial charge on any atom is -0.317 e. The molecule has 0 bridgehead atoms. The summed E-state index contributed by atoms with van der Waals surface area (Å²) in [7, 11) is 1.08. The standard InChI is InChI=1S/C5H14NO4P/c1-6-4-5-10-11(7,8-2)9-3/h6H,4-5H2,1-3H3. The number of likely N-dealkylation sites (N-methyl/N-ethyl adjacent to an activating group) is 1. The maximum absolute atomic E-state index is 11.1. The molecule has 0 aromatic carbocycles. The first-order valence-corrected chi connectivity index (χ1v) is 4.65. The van der Waals surface area contributed by atoms with Crippen molar-refractivity contribution in [3.05, 3.63) is 0 Å². The molecule has 0 amide bonds. The lowest BCUT2D eigenvalue weighted by Gasteiger charge is -2.12. The molecule has 0 rings (SSSR count). The summed E-state index contributed by atoms with van der Waals surface area (Å²) in [4.78, 5) is 0. The Labute approximate surface area is 66.6 Å². The second-order valence-corrected chi connectivity index (χ2v) is 3.63. The van der Waals surface area contributed by atoms with Gasteiger partial charge in [0.15, 0.2) is 0 Å². The first-order valence-electron chi connectivity index (χ1n) is 3.19. The number of hydrogen-bond donors (Lipinski definition) is 1. The van der Waals surface area contributed by atoms with Gasteiger partial charge >= 0.3 is 7.82 Å². The van der Waals surface area contributed by atoms with E-state index in [1.54, 1.807) is 7.05 Å². The van der Waals surface area contributed by atoms with Gasteiger partial charge < -0.3 is 5.32 Å². The highest BCUT2D eigenvalue weighted by atomic mass is 31.2. The van der Waals surface area contributed by atoms with Crippen molar-refractivity contribution < 1.29 is 18.1 Å². The largest absolute Gasteiger partial charge is 0.474 e. The molecule has 1 N–H and O–H groups in total. The maximum Gasteiger partial charge on any atom is 0.474 e. The summed E-state index contributed by atoms with van der Waals surface area (Å²) in [6.07, 6.45) is 0. The molecule has 0 radical (unpaired) electrons. The van der Waals surface area contributed by atoms with Crippen molar-refractivity contribution in [2.45, 2.75) is 0 Å². The lowest BCUT2D eigenvalue weighted by atomic mass is 10.7. The van der Waals surface area contributed by atoms with E-state index in [2.05, 4.69) is 14.4 Å². The SMILES string of the molecule is CNCCOP(=O)(OC)OC. The second-order valence-electron chi connectivity index (χ2n) is 1.75. The zero-order valence-electron chi connectivity index (χ0n) is 6.99. The number of phosphoric acid groups is 1. The van der Waals surface area contributed by atoms with Crippen LogP contribution < -0.4 is 5.32 Å². The molecule has 5 nitrogen and oxygen atoms in total. The summed E-state index contributed by atoms with van der Waals surface area (Å²) in [6, 6.07) is 0. The predicted molar refractivity (Wildman–Crippen MR) is 41.5 cm³/mol. The van der Waals surface area contributed by atoms with E-state index in [9.17, 15) is 4.57 Å². The van der Waals surface area contributed by atoms with Crippen molar-refractivity contribution >= 4 is 7.82 Å². The maximum atomic E-state index is 11.1. The van der Waals surface area contributed by atoms with Crippen LogP contribution in [-0.4, -0.2) is 34.4 Å². The molecule has 0 spiro atoms. The van der Waals surface area contributed by atoms with Crippen LogP contribution in [0.1, 0.15) is 0 Å². The zero-order valence-corrected chi connectivity index (χ0v) is 7.89. The molecule has 6 heteroatoms. The fraction of sp³-hybridized carbons (Fsp3) is 1.00. The van der Waals surface area contributed by atoms with E-state index in [0.29, 0.717) is 13.2 Å². The normalized spacial score (nSPS) is 11.9. The summed E-state index contributed by atoms with van der Waals surface area (Å²) < 4.78 is 25.0. The molecule has 0 saturated heterocycles. The van der Waals surface area contributed by atoms with Crippen molar-refractivity contribution in [2.24, 2.45) is 0 Å². The number of nitrogens with one attached hydrogen (secondary N) is 1. The fourth-order valence-corrected chi connectivity index (χ4v) is 1.11. The Morgan fingerprint density at radius 1 is 1.36 bits per heavy atom. The molecular formula is C5H14NO4P. The van der Waals surface area contributed by atoms with Gasteiger partial charge in [0.1, 0.15) is 0 Å². The molecule has 0 aliphatic heterocycles. The number of hydrogen-bond acceptors (Lipinski definition) is 5. The molecule has 0 aromatic heterocycles. The Morgan fingerprint density at radius 2 is 1.91 bits per heavy atom. The average molecular weight is 183 g/mol. The van der Waals surface area contributed by atoms with Crippen LogP contribution in [0.3, 0.4) is 0 Å². The van der Waals surface area contributed by atoms with Gasteiger partial charge in [0.2, 0.25) is 0 Å². The van der Waals surface area contributed by atoms with Crippen molar-refractivity contribution in [3.8, 4) is 0 Å². The molecule has 0 atom stereocenters. The van der Waals surface area contributed by atoms with Crippen LogP contribution in [0.4, 0.5) is 0 Å². The Hall–Kier alpha value is 0.0700. The average Bonchev–Trinajstić information content (AvgIpc) is 2.05. The summed E-state index contributed by atoms with van der Waals surface area (Å²) >= 11 is 0. The molecule has 11 heavy (non-hydrogen) atoms. The molecule has 0 fully saturated rings. The van der Waals surface area contributed by atoms with Crippen LogP contribution in [0.2, 0.25) is 0 Å². The quantitative estimate of drug-likeness (QED) is 0.483. The minimum atomic E-state index is -3.25. The fourth-order valence-electron chi connectivity index (χ4n) is 0.439. The van der Waals surface area contributed by atoms with Crippen molar-refractivity contribution in [1.82, 2.24) is 5.32 Å². The van der Waals surface area contributed by atoms with Gasteiger partial charge in [-0.1, -0.05) is 0 Å². The van der Waals surface area contributed by atoms with Gasteiger partial charge in [0.25, 0.3) is 0 Å². The number of rotatable bonds is 6. The van der Waals surface area contributed by atoms with E-state index >= 15 is 0 Å². The smallest absolute Gasteiger partial charge is 0.317 e. The van der Waals surface area contributed by atoms with Gasteiger partial charge in [0.05, 0.1) is 6.61 Å². The Morgan fingerprint density at radius 3 is 2.27 bits per heavy atom. The lowest BCUT2D eigenvalue weighted by molar-refractivity contribution is 0.153. The topological polar surface area (TPSA) is 56.8 Å². The molecular weight excluding hydrogens is 169 g/mol. The van der Waals surface area contributed by atoms with Crippen LogP contribution in [-0.2, 0) is 18.1 Å². The molecule has 0 heterocycles. The van der Waals surface area contributed by atoms with E-state index in [-0.39, 0.29) is 0 Å². The highest BCUT2D eigenvalue weighted by molar-refractivity contribution is 7.48. The van der Waals surface area contributed by atoms with Crippen molar-refractivity contribution in [3.63, 3.8) is 0 Å². The van der Waals surface area contributed by atoms with Gasteiger partial charge in [0, 0.05) is 20.8 Å². The Kier molecular flexibility index (Phi) is 5.72. The first-order chi connectivity index (χ1) is 5.18. The summed E-state index contributed by atoms with van der Waals surface area (Å²) in [5, 5.41) is 2.83. The van der Waals surface area contributed by atoms with Crippen LogP contribution in [0, 0.1) is 0 Å². The summed E-state index contributed by atoms with van der Waals surface area (Å²) in [5.41, 5.74) is 0. The summed E-state index contributed by atoms with van der Waals surface area (Å²) in [6.45, 7) is 0.909. The van der Waals surface area contributed by atoms with E-state index in [4.69, 9.17) is 4.52 Å². The summed E-state index contributed by atoms with van der Waals surface area (Å²) in [5.74, 6) is 0. The van der Waals surface area contributed by atoms with E-state index in [1.807, 2.05) is 0 Å². The Balaban J connectivity index is 3.61. The van der Waals surface area contributed by atoms with Gasteiger partial charge in [-0.2, -0.15) is 0 Å². The molecule has 0 unspecified atom stereocenters. The third kappa shape index (κ3) is 4.50. The monoisotopic (exact) mass is 183 g/mol. The van der Waals surface area contributed by atoms with Crippen molar-refractivity contribution in [1.29, 1.82) is 0 Å². The molecule has 68 valence electrons. The van der Waals surface area contributed by atoms with Crippen LogP contribution >= 0.6 is 7.82 Å². The third-order valence-corrected chi connectivity index (χ3v) is 2.44. The first kappa shape index (κ1) is 11.1. The van der Waals surface area contributed by atoms with Crippen LogP contribution in [0.5, 0.6) is 0 Å². The second kappa shape index (κ2) is 5.69. The predicted octanol–water partition coefficient (Wildman–Crippen LogP) is 0.623. The van der Waals surface area contributed by atoms with Crippen LogP contribution in [0.25, 0.3) is 0 Å². The van der Waals surface area contributed by atoms with E-state index in [1.165, 1.54) is 14.2 Å². The van der Waals surface area contributed by atoms with Gasteiger partial charge in [-0.05, 0) is 7.05 Å². The van der Waals surface area contributed by atoms with Crippen LogP contribution in [0.15, 0.2) is 0 Å². The zero-order chi connectivity index (χ0) is 8.74. The van der Waals surface area contributed by atoms with E-state index in [0.717, 1.165) is 0 Å². The Bertz CT molecular complexity index is 132. The third-order valence-electron chi connectivity index (χ3n) is 1.05. The minimum absolute atomic E-state index is 0.301. The van der Waals surface area contributed by atoms with Gasteiger partial charge in [-0.3, -0.25) is 13.6 Å². The van der Waals surface area contributed by atoms with Crippen molar-refractivity contribution in [2.75, 3.05) is 34.4 Å². The van der Waals surface area contributed by atoms with Gasteiger partial charge in [-0.25, -0.2) is 4.57 Å². The molecule has 0 aliphatic rings. The van der Waals surface area contributed by atoms with Gasteiger partial charge in [-0.15, -0.1) is 0 Å². The number of phosphoric ester groups is 1. The molecule has 0 aromatic rings. The lowest BCUT2D eigenvalue weighted by Crippen LogP contribution is -2.13.